The third-order valence-corrected chi connectivity index (χ3v) is 3.63. The second kappa shape index (κ2) is 6.87. The zero-order chi connectivity index (χ0) is 15.4. The SMILES string of the molecule is CNC(C)c1ccc(F)cc1OCc1cc(F)ccc1Cl. The van der Waals surface area contributed by atoms with Crippen molar-refractivity contribution in [3.05, 3.63) is 64.2 Å². The molecule has 0 heterocycles. The van der Waals surface area contributed by atoms with Gasteiger partial charge >= 0.3 is 0 Å². The van der Waals surface area contributed by atoms with Crippen LogP contribution in [0.25, 0.3) is 0 Å². The number of ether oxygens (including phenoxy) is 1. The van der Waals surface area contributed by atoms with Crippen LogP contribution >= 0.6 is 11.6 Å². The van der Waals surface area contributed by atoms with Crippen molar-refractivity contribution in [2.24, 2.45) is 0 Å². The predicted octanol–water partition coefficient (Wildman–Crippen LogP) is 4.48. The molecule has 0 aromatic heterocycles. The van der Waals surface area contributed by atoms with Crippen molar-refractivity contribution in [2.45, 2.75) is 19.6 Å². The van der Waals surface area contributed by atoms with Gasteiger partial charge in [-0.1, -0.05) is 17.7 Å². The van der Waals surface area contributed by atoms with E-state index in [2.05, 4.69) is 5.32 Å². The van der Waals surface area contributed by atoms with Crippen molar-refractivity contribution in [1.82, 2.24) is 5.32 Å². The molecule has 1 unspecified atom stereocenters. The van der Waals surface area contributed by atoms with E-state index in [0.717, 1.165) is 5.56 Å². The summed E-state index contributed by atoms with van der Waals surface area (Å²) in [6, 6.07) is 8.42. The van der Waals surface area contributed by atoms with Gasteiger partial charge in [0.1, 0.15) is 24.0 Å². The van der Waals surface area contributed by atoms with E-state index < -0.39 is 0 Å². The zero-order valence-electron chi connectivity index (χ0n) is 11.8. The summed E-state index contributed by atoms with van der Waals surface area (Å²) in [7, 11) is 1.81. The van der Waals surface area contributed by atoms with Gasteiger partial charge in [-0.15, -0.1) is 0 Å². The monoisotopic (exact) mass is 311 g/mol. The molecule has 0 aliphatic heterocycles. The Morgan fingerprint density at radius 2 is 1.81 bits per heavy atom. The summed E-state index contributed by atoms with van der Waals surface area (Å²) < 4.78 is 32.2. The molecular formula is C16H16ClF2NO. The van der Waals surface area contributed by atoms with Crippen molar-refractivity contribution >= 4 is 11.6 Å². The molecule has 2 aromatic rings. The molecule has 112 valence electrons. The first-order valence-corrected chi connectivity index (χ1v) is 6.92. The van der Waals surface area contributed by atoms with Gasteiger partial charge in [-0.2, -0.15) is 0 Å². The van der Waals surface area contributed by atoms with Gasteiger partial charge in [0, 0.05) is 28.3 Å². The average molecular weight is 312 g/mol. The molecule has 2 nitrogen and oxygen atoms in total. The molecule has 0 saturated carbocycles. The van der Waals surface area contributed by atoms with Gasteiger partial charge in [0.2, 0.25) is 0 Å². The Morgan fingerprint density at radius 3 is 2.52 bits per heavy atom. The standard InChI is InChI=1S/C16H16ClF2NO/c1-10(20-2)14-5-3-13(19)8-16(14)21-9-11-7-12(18)4-6-15(11)17/h3-8,10,20H,9H2,1-2H3. The molecule has 0 bridgehead atoms. The van der Waals surface area contributed by atoms with E-state index in [-0.39, 0.29) is 24.3 Å². The van der Waals surface area contributed by atoms with Crippen molar-refractivity contribution in [3.8, 4) is 5.75 Å². The van der Waals surface area contributed by atoms with Crippen LogP contribution in [0.15, 0.2) is 36.4 Å². The van der Waals surface area contributed by atoms with Crippen LogP contribution in [0, 0.1) is 11.6 Å². The van der Waals surface area contributed by atoms with Crippen LogP contribution in [-0.2, 0) is 6.61 Å². The van der Waals surface area contributed by atoms with E-state index in [0.29, 0.717) is 16.3 Å². The fourth-order valence-corrected chi connectivity index (χ4v) is 2.13. The lowest BCUT2D eigenvalue weighted by Gasteiger charge is -2.17. The first-order chi connectivity index (χ1) is 10.0. The van der Waals surface area contributed by atoms with Crippen LogP contribution in [0.5, 0.6) is 5.75 Å². The number of nitrogens with one attached hydrogen (secondary N) is 1. The Labute approximate surface area is 127 Å². The fourth-order valence-electron chi connectivity index (χ4n) is 1.96. The Hall–Kier alpha value is -1.65. The minimum absolute atomic E-state index is 0.00332. The minimum Gasteiger partial charge on any atom is -0.488 e. The second-order valence-corrected chi connectivity index (χ2v) is 5.12. The highest BCUT2D eigenvalue weighted by Gasteiger charge is 2.12. The van der Waals surface area contributed by atoms with E-state index in [4.69, 9.17) is 16.3 Å². The molecular weight excluding hydrogens is 296 g/mol. The van der Waals surface area contributed by atoms with Gasteiger partial charge in [-0.05, 0) is 38.2 Å². The fraction of sp³-hybridized carbons (Fsp3) is 0.250. The number of hydrogen-bond donors (Lipinski definition) is 1. The number of rotatable bonds is 5. The Morgan fingerprint density at radius 1 is 1.14 bits per heavy atom. The van der Waals surface area contributed by atoms with Crippen molar-refractivity contribution in [2.75, 3.05) is 7.05 Å². The van der Waals surface area contributed by atoms with E-state index >= 15 is 0 Å². The van der Waals surface area contributed by atoms with Gasteiger partial charge in [0.15, 0.2) is 0 Å². The number of benzene rings is 2. The summed E-state index contributed by atoms with van der Waals surface area (Å²) in [6.07, 6.45) is 0. The maximum absolute atomic E-state index is 13.4. The van der Waals surface area contributed by atoms with Crippen LogP contribution in [0.4, 0.5) is 8.78 Å². The smallest absolute Gasteiger partial charge is 0.127 e. The normalized spacial score (nSPS) is 12.2. The van der Waals surface area contributed by atoms with Crippen LogP contribution in [0.3, 0.4) is 0 Å². The van der Waals surface area contributed by atoms with Crippen LogP contribution in [0.1, 0.15) is 24.1 Å². The van der Waals surface area contributed by atoms with Gasteiger partial charge < -0.3 is 10.1 Å². The summed E-state index contributed by atoms with van der Waals surface area (Å²) in [4.78, 5) is 0. The molecule has 21 heavy (non-hydrogen) atoms. The molecule has 5 heteroatoms. The summed E-state index contributed by atoms with van der Waals surface area (Å²) in [5.74, 6) is -0.361. The Bertz CT molecular complexity index is 634. The summed E-state index contributed by atoms with van der Waals surface area (Å²) in [5, 5.41) is 3.48. The first-order valence-electron chi connectivity index (χ1n) is 6.54. The summed E-state index contributed by atoms with van der Waals surface area (Å²) >= 11 is 5.99. The third-order valence-electron chi connectivity index (χ3n) is 3.27. The molecule has 0 saturated heterocycles. The van der Waals surface area contributed by atoms with E-state index in [1.807, 2.05) is 6.92 Å². The highest BCUT2D eigenvalue weighted by Crippen LogP contribution is 2.27. The minimum atomic E-state index is -0.388. The largest absolute Gasteiger partial charge is 0.488 e. The van der Waals surface area contributed by atoms with Gasteiger partial charge in [0.05, 0.1) is 0 Å². The van der Waals surface area contributed by atoms with E-state index in [9.17, 15) is 8.78 Å². The molecule has 0 aliphatic rings. The highest BCUT2D eigenvalue weighted by atomic mass is 35.5. The lowest BCUT2D eigenvalue weighted by Crippen LogP contribution is -2.14. The van der Waals surface area contributed by atoms with Gasteiger partial charge in [-0.3, -0.25) is 0 Å². The molecule has 0 spiro atoms. The van der Waals surface area contributed by atoms with Crippen molar-refractivity contribution in [3.63, 3.8) is 0 Å². The molecule has 1 atom stereocenters. The summed E-state index contributed by atoms with van der Waals surface area (Å²) in [6.45, 7) is 2.01. The average Bonchev–Trinajstić information content (AvgIpc) is 2.47. The van der Waals surface area contributed by atoms with Crippen LogP contribution in [-0.4, -0.2) is 7.05 Å². The topological polar surface area (TPSA) is 21.3 Å². The molecule has 0 radical (unpaired) electrons. The molecule has 0 amide bonds. The lowest BCUT2D eigenvalue weighted by atomic mass is 10.1. The zero-order valence-corrected chi connectivity index (χ0v) is 12.5. The van der Waals surface area contributed by atoms with E-state index in [1.165, 1.54) is 30.3 Å². The molecule has 0 aliphatic carbocycles. The van der Waals surface area contributed by atoms with Gasteiger partial charge in [-0.25, -0.2) is 8.78 Å². The second-order valence-electron chi connectivity index (χ2n) is 4.72. The molecule has 2 rings (SSSR count). The number of halogens is 3. The number of hydrogen-bond acceptors (Lipinski definition) is 2. The van der Waals surface area contributed by atoms with Crippen molar-refractivity contribution < 1.29 is 13.5 Å². The first kappa shape index (κ1) is 15.7. The van der Waals surface area contributed by atoms with Crippen LogP contribution in [0.2, 0.25) is 5.02 Å². The maximum atomic E-state index is 13.4. The summed E-state index contributed by atoms with van der Waals surface area (Å²) in [5.41, 5.74) is 1.34. The van der Waals surface area contributed by atoms with Gasteiger partial charge in [0.25, 0.3) is 0 Å². The Kier molecular flexibility index (Phi) is 5.15. The maximum Gasteiger partial charge on any atom is 0.127 e. The quantitative estimate of drug-likeness (QED) is 0.879. The molecule has 2 aromatic carbocycles. The third kappa shape index (κ3) is 3.93. The lowest BCUT2D eigenvalue weighted by molar-refractivity contribution is 0.298. The Balaban J connectivity index is 2.23. The van der Waals surface area contributed by atoms with Crippen molar-refractivity contribution in [1.29, 1.82) is 0 Å². The van der Waals surface area contributed by atoms with Crippen LogP contribution < -0.4 is 10.1 Å². The predicted molar refractivity (Wildman–Crippen MR) is 79.6 cm³/mol. The highest BCUT2D eigenvalue weighted by molar-refractivity contribution is 6.31. The molecule has 0 fully saturated rings. The molecule has 1 N–H and O–H groups in total. The van der Waals surface area contributed by atoms with E-state index in [1.54, 1.807) is 13.1 Å².